The molecular weight excluding hydrogens is 768 g/mol. The molecule has 0 bridgehead atoms. The highest BCUT2D eigenvalue weighted by Gasteiger charge is 2.70. The number of carbonyl (C=O) groups is 2. The van der Waals surface area contributed by atoms with Crippen LogP contribution in [0.15, 0.2) is 0 Å². The fourth-order valence-electron chi connectivity index (χ4n) is 7.73. The number of aliphatic hydroxyl groups is 8. The lowest BCUT2D eigenvalue weighted by Gasteiger charge is -2.50. The quantitative estimate of drug-likeness (QED) is 0.0233. The highest BCUT2D eigenvalue weighted by molar-refractivity contribution is 5.71. The van der Waals surface area contributed by atoms with Crippen molar-refractivity contribution in [1.82, 2.24) is 0 Å². The van der Waals surface area contributed by atoms with E-state index in [1.54, 1.807) is 0 Å². The van der Waals surface area contributed by atoms with Crippen molar-refractivity contribution >= 4 is 11.9 Å². The van der Waals surface area contributed by atoms with E-state index < -0.39 is 85.9 Å². The van der Waals surface area contributed by atoms with Crippen LogP contribution in [0.3, 0.4) is 0 Å². The van der Waals surface area contributed by atoms with Crippen molar-refractivity contribution in [2.24, 2.45) is 0 Å². The molecule has 0 amide bonds. The zero-order valence-electron chi connectivity index (χ0n) is 36.3. The normalized spacial score (nSPS) is 29.7. The minimum atomic E-state index is -3.51. The highest BCUT2D eigenvalue weighted by atomic mass is 16.9. The summed E-state index contributed by atoms with van der Waals surface area (Å²) < 4.78 is 26.6. The van der Waals surface area contributed by atoms with Crippen molar-refractivity contribution in [3.05, 3.63) is 0 Å². The molecule has 15 nitrogen and oxygen atoms in total. The van der Waals surface area contributed by atoms with E-state index >= 15 is 0 Å². The van der Waals surface area contributed by atoms with Gasteiger partial charge in [0.05, 0.1) is 13.2 Å². The number of rotatable bonds is 34. The smallest absolute Gasteiger partial charge is 0.399 e. The molecule has 0 radical (unpaired) electrons. The third-order valence-electron chi connectivity index (χ3n) is 11.6. The average molecular weight is 851 g/mol. The summed E-state index contributed by atoms with van der Waals surface area (Å²) in [5, 5.41) is 85.3. The zero-order valence-corrected chi connectivity index (χ0v) is 36.3. The van der Waals surface area contributed by atoms with Crippen molar-refractivity contribution in [3.63, 3.8) is 0 Å². The van der Waals surface area contributed by atoms with Gasteiger partial charge in [-0.05, 0) is 12.8 Å². The Hall–Kier alpha value is -1.50. The molecule has 15 heteroatoms. The first-order chi connectivity index (χ1) is 28.3. The first-order valence-corrected chi connectivity index (χ1v) is 23.2. The molecule has 2 fully saturated rings. The predicted octanol–water partition coefficient (Wildman–Crippen LogP) is 5.31. The van der Waals surface area contributed by atoms with Gasteiger partial charge >= 0.3 is 23.7 Å². The van der Waals surface area contributed by atoms with Crippen LogP contribution in [0.2, 0.25) is 0 Å². The monoisotopic (exact) mass is 851 g/mol. The van der Waals surface area contributed by atoms with E-state index in [9.17, 15) is 50.4 Å². The molecule has 0 unspecified atom stereocenters. The van der Waals surface area contributed by atoms with Gasteiger partial charge in [-0.3, -0.25) is 9.59 Å². The van der Waals surface area contributed by atoms with Gasteiger partial charge in [-0.1, -0.05) is 168 Å². The lowest BCUT2D eigenvalue weighted by Crippen LogP contribution is -2.75. The van der Waals surface area contributed by atoms with Crippen LogP contribution in [0, 0.1) is 0 Å². The Morgan fingerprint density at radius 2 is 0.898 bits per heavy atom. The van der Waals surface area contributed by atoms with E-state index in [2.05, 4.69) is 13.8 Å². The van der Waals surface area contributed by atoms with Crippen LogP contribution in [0.1, 0.15) is 194 Å². The maximum Gasteiger partial charge on any atom is 0.399 e. The minimum absolute atomic E-state index is 0.197. The number of hydrogen-bond donors (Lipinski definition) is 8. The highest BCUT2D eigenvalue weighted by Crippen LogP contribution is 2.40. The second kappa shape index (κ2) is 30.5. The van der Waals surface area contributed by atoms with Gasteiger partial charge in [0.15, 0.2) is 12.4 Å². The molecule has 0 aromatic rings. The van der Waals surface area contributed by atoms with Gasteiger partial charge in [-0.25, -0.2) is 0 Å². The minimum Gasteiger partial charge on any atom is -0.420 e. The maximum atomic E-state index is 13.1. The summed E-state index contributed by atoms with van der Waals surface area (Å²) in [5.74, 6) is -9.02. The molecule has 348 valence electrons. The second-order valence-electron chi connectivity index (χ2n) is 16.8. The summed E-state index contributed by atoms with van der Waals surface area (Å²) in [6, 6.07) is 0. The Morgan fingerprint density at radius 1 is 0.508 bits per heavy atom. The van der Waals surface area contributed by atoms with E-state index in [-0.39, 0.29) is 12.8 Å². The summed E-state index contributed by atoms with van der Waals surface area (Å²) in [6.45, 7) is 2.88. The Balaban J connectivity index is 1.93. The van der Waals surface area contributed by atoms with Crippen LogP contribution in [-0.2, 0) is 33.3 Å². The van der Waals surface area contributed by atoms with Gasteiger partial charge in [0.25, 0.3) is 0 Å². The Bertz CT molecular complexity index is 1100. The largest absolute Gasteiger partial charge is 0.420 e. The fourth-order valence-corrected chi connectivity index (χ4v) is 7.73. The molecule has 0 aromatic heterocycles. The maximum absolute atomic E-state index is 13.1. The van der Waals surface area contributed by atoms with Gasteiger partial charge in [0.1, 0.15) is 36.6 Å². The average Bonchev–Trinajstić information content (AvgIpc) is 3.21. The molecule has 0 saturated carbocycles. The van der Waals surface area contributed by atoms with Gasteiger partial charge in [-0.2, -0.15) is 0 Å². The van der Waals surface area contributed by atoms with Crippen LogP contribution >= 0.6 is 0 Å². The molecule has 2 rings (SSSR count). The zero-order chi connectivity index (χ0) is 43.5. The van der Waals surface area contributed by atoms with Gasteiger partial charge in [0, 0.05) is 12.8 Å². The molecule has 59 heavy (non-hydrogen) atoms. The van der Waals surface area contributed by atoms with Crippen molar-refractivity contribution in [3.8, 4) is 0 Å². The standard InChI is InChI=1S/C44H82O15/c1-3-5-7-9-11-13-15-17-19-21-23-25-27-29-35(46)58-43(53)41(52)38(49)34(32-55-42-40(51)39(50)37(48)33(31-45)56-42)57-44(43,54)59-36(47)30-28-26-24-22-20-18-16-14-12-10-8-6-4-2/h33-34,37-42,45,48-54H,3-32H2,1-2H3/t33-,34-,37-,38-,39+,40-,41+,42+,43-,44-/m1/s1. The van der Waals surface area contributed by atoms with Crippen LogP contribution in [0.4, 0.5) is 0 Å². The predicted molar refractivity (Wildman–Crippen MR) is 219 cm³/mol. The lowest BCUT2D eigenvalue weighted by atomic mass is 9.93. The Labute approximate surface area is 353 Å². The molecule has 2 saturated heterocycles. The SMILES string of the molecule is CCCCCCCCCCCCCCCC(=O)O[C@]1(O)O[C@H](CO[C@H]2O[C@H](CO)[C@@H](O)[C@H](O)[C@H]2O)[C@@H](O)[C@H](O)[C@@]1(O)OC(=O)CCCCCCCCCCCCCCC. The molecule has 2 aliphatic rings. The van der Waals surface area contributed by atoms with Crippen LogP contribution < -0.4 is 0 Å². The summed E-state index contributed by atoms with van der Waals surface area (Å²) in [6.07, 6.45) is 13.1. The molecule has 0 spiro atoms. The summed E-state index contributed by atoms with van der Waals surface area (Å²) in [4.78, 5) is 26.1. The van der Waals surface area contributed by atoms with E-state index in [0.29, 0.717) is 25.7 Å². The fraction of sp³-hybridized carbons (Fsp3) is 0.955. The summed E-state index contributed by atoms with van der Waals surface area (Å²) in [5.41, 5.74) is 0. The van der Waals surface area contributed by atoms with E-state index in [0.717, 1.165) is 51.4 Å². The lowest BCUT2D eigenvalue weighted by molar-refractivity contribution is -0.512. The Kier molecular flexibility index (Phi) is 27.8. The molecule has 2 aliphatic heterocycles. The number of aliphatic hydroxyl groups excluding tert-OH is 6. The molecular formula is C44H82O15. The molecule has 0 aliphatic carbocycles. The van der Waals surface area contributed by atoms with E-state index in [1.165, 1.54) is 89.9 Å². The number of unbranched alkanes of at least 4 members (excludes halogenated alkanes) is 24. The van der Waals surface area contributed by atoms with Gasteiger partial charge in [-0.15, -0.1) is 0 Å². The molecule has 10 atom stereocenters. The van der Waals surface area contributed by atoms with Gasteiger partial charge in [0.2, 0.25) is 0 Å². The first kappa shape index (κ1) is 53.6. The molecule has 2 heterocycles. The third kappa shape index (κ3) is 19.2. The van der Waals surface area contributed by atoms with Crippen LogP contribution in [-0.4, -0.2) is 127 Å². The van der Waals surface area contributed by atoms with Crippen molar-refractivity contribution in [1.29, 1.82) is 0 Å². The number of carbonyl (C=O) groups excluding carboxylic acids is 2. The summed E-state index contributed by atoms with van der Waals surface area (Å²) >= 11 is 0. The van der Waals surface area contributed by atoms with Crippen molar-refractivity contribution in [2.75, 3.05) is 13.2 Å². The number of ether oxygens (including phenoxy) is 5. The van der Waals surface area contributed by atoms with E-state index in [4.69, 9.17) is 23.7 Å². The third-order valence-corrected chi connectivity index (χ3v) is 11.6. The molecule has 0 aromatic carbocycles. The van der Waals surface area contributed by atoms with Crippen molar-refractivity contribution < 1.29 is 74.1 Å². The Morgan fingerprint density at radius 3 is 1.31 bits per heavy atom. The first-order valence-electron chi connectivity index (χ1n) is 23.2. The van der Waals surface area contributed by atoms with E-state index in [1.807, 2.05) is 0 Å². The summed E-state index contributed by atoms with van der Waals surface area (Å²) in [7, 11) is 0. The second-order valence-corrected chi connectivity index (χ2v) is 16.8. The number of esters is 2. The topological polar surface area (TPSA) is 242 Å². The van der Waals surface area contributed by atoms with Crippen molar-refractivity contribution in [2.45, 2.75) is 254 Å². The molecule has 8 N–H and O–H groups in total. The van der Waals surface area contributed by atoms with Gasteiger partial charge < -0.3 is 64.5 Å². The van der Waals surface area contributed by atoms with Crippen LogP contribution in [0.25, 0.3) is 0 Å². The number of hydrogen-bond acceptors (Lipinski definition) is 15. The van der Waals surface area contributed by atoms with Crippen LogP contribution in [0.5, 0.6) is 0 Å².